The molecule has 0 fully saturated rings. The van der Waals surface area contributed by atoms with Gasteiger partial charge in [-0.15, -0.1) is 11.8 Å². The van der Waals surface area contributed by atoms with E-state index in [0.29, 0.717) is 16.5 Å². The second-order valence-corrected chi connectivity index (χ2v) is 10.4. The van der Waals surface area contributed by atoms with Crippen LogP contribution in [0.4, 0.5) is 11.4 Å². The van der Waals surface area contributed by atoms with Crippen molar-refractivity contribution < 1.29 is 19.5 Å². The Hall–Kier alpha value is -4.88. The minimum atomic E-state index is -1.09. The van der Waals surface area contributed by atoms with E-state index in [-0.39, 0.29) is 17.0 Å². The van der Waals surface area contributed by atoms with Crippen molar-refractivity contribution in [2.45, 2.75) is 17.1 Å². The molecule has 0 aromatic heterocycles. The van der Waals surface area contributed by atoms with Gasteiger partial charge in [-0.25, -0.2) is 4.79 Å². The number of para-hydroxylation sites is 1. The summed E-state index contributed by atoms with van der Waals surface area (Å²) in [6.07, 6.45) is 0. The maximum absolute atomic E-state index is 13.4. The van der Waals surface area contributed by atoms with Crippen LogP contribution in [0.15, 0.2) is 120 Å². The Labute approximate surface area is 236 Å². The fourth-order valence-electron chi connectivity index (χ4n) is 4.47. The number of rotatable bonds is 8. The van der Waals surface area contributed by atoms with Crippen molar-refractivity contribution in [1.29, 1.82) is 0 Å². The lowest BCUT2D eigenvalue weighted by atomic mass is 9.98. The van der Waals surface area contributed by atoms with Crippen molar-refractivity contribution in [2.24, 2.45) is 0 Å². The van der Waals surface area contributed by atoms with Gasteiger partial charge in [0, 0.05) is 27.2 Å². The molecular formula is C33H26N2O4S. The molecule has 2 amide bonds. The molecule has 3 N–H and O–H groups in total. The lowest BCUT2D eigenvalue weighted by molar-refractivity contribution is -0.115. The zero-order valence-electron chi connectivity index (χ0n) is 21.6. The number of amides is 2. The van der Waals surface area contributed by atoms with E-state index in [1.54, 1.807) is 42.5 Å². The van der Waals surface area contributed by atoms with Crippen LogP contribution in [0.5, 0.6) is 0 Å². The van der Waals surface area contributed by atoms with Crippen molar-refractivity contribution in [1.82, 2.24) is 0 Å². The first-order valence-corrected chi connectivity index (χ1v) is 13.5. The van der Waals surface area contributed by atoms with Crippen molar-refractivity contribution in [2.75, 3.05) is 10.6 Å². The lowest BCUT2D eigenvalue weighted by Crippen LogP contribution is -2.19. The second-order valence-electron chi connectivity index (χ2n) is 9.21. The van der Waals surface area contributed by atoms with E-state index in [2.05, 4.69) is 10.6 Å². The Morgan fingerprint density at radius 2 is 1.35 bits per heavy atom. The smallest absolute Gasteiger partial charge is 0.336 e. The van der Waals surface area contributed by atoms with Gasteiger partial charge in [0.2, 0.25) is 5.91 Å². The maximum atomic E-state index is 13.4. The number of carbonyl (C=O) groups excluding carboxylic acids is 2. The Bertz CT molecular complexity index is 1700. The van der Waals surface area contributed by atoms with Crippen LogP contribution in [0.3, 0.4) is 0 Å². The number of fused-ring (bicyclic) bond motifs is 1. The molecule has 198 valence electrons. The van der Waals surface area contributed by atoms with Crippen LogP contribution < -0.4 is 10.6 Å². The molecule has 5 aromatic rings. The highest BCUT2D eigenvalue weighted by molar-refractivity contribution is 8.00. The lowest BCUT2D eigenvalue weighted by Gasteiger charge is -2.18. The van der Waals surface area contributed by atoms with Crippen LogP contribution in [0.2, 0.25) is 0 Å². The average Bonchev–Trinajstić information content (AvgIpc) is 2.97. The van der Waals surface area contributed by atoms with E-state index in [4.69, 9.17) is 0 Å². The summed E-state index contributed by atoms with van der Waals surface area (Å²) in [5.41, 5.74) is 3.54. The number of carboxylic acids is 1. The highest BCUT2D eigenvalue weighted by Gasteiger charge is 2.23. The molecule has 0 radical (unpaired) electrons. The van der Waals surface area contributed by atoms with Crippen molar-refractivity contribution in [3.63, 3.8) is 0 Å². The molecule has 5 rings (SSSR count). The van der Waals surface area contributed by atoms with Crippen LogP contribution in [0.25, 0.3) is 10.8 Å². The standard InChI is InChI=1S/C33H26N2O4S/c1-21-9-5-6-16-28(21)35-32(37)30(23-10-3-2-4-11-23)40-25-19-17-24(18-20-25)34-31(36)26-14-7-12-22-13-8-15-27(29(22)26)33(38)39/h2-20,30H,1H3,(H,34,36)(H,35,37)(H,38,39). The summed E-state index contributed by atoms with van der Waals surface area (Å²) in [5, 5.41) is 16.1. The number of benzene rings is 5. The molecule has 0 aliphatic rings. The summed E-state index contributed by atoms with van der Waals surface area (Å²) in [6.45, 7) is 1.95. The highest BCUT2D eigenvalue weighted by Crippen LogP contribution is 2.37. The van der Waals surface area contributed by atoms with Crippen LogP contribution >= 0.6 is 11.8 Å². The normalized spacial score (nSPS) is 11.5. The summed E-state index contributed by atoms with van der Waals surface area (Å²) in [7, 11) is 0. The zero-order valence-corrected chi connectivity index (χ0v) is 22.4. The first kappa shape index (κ1) is 26.7. The van der Waals surface area contributed by atoms with Gasteiger partial charge in [-0.05, 0) is 65.9 Å². The predicted molar refractivity (Wildman–Crippen MR) is 160 cm³/mol. The summed E-state index contributed by atoms with van der Waals surface area (Å²) in [4.78, 5) is 39.2. The molecule has 0 bridgehead atoms. The third-order valence-corrected chi connectivity index (χ3v) is 7.76. The molecule has 0 saturated carbocycles. The van der Waals surface area contributed by atoms with E-state index in [1.807, 2.05) is 73.7 Å². The summed E-state index contributed by atoms with van der Waals surface area (Å²) in [6, 6.07) is 34.5. The first-order chi connectivity index (χ1) is 19.4. The SMILES string of the molecule is Cc1ccccc1NC(=O)C(Sc1ccc(NC(=O)c2cccc3cccc(C(=O)O)c23)cc1)c1ccccc1. The van der Waals surface area contributed by atoms with Crippen LogP contribution in [0, 0.1) is 6.92 Å². The largest absolute Gasteiger partial charge is 0.478 e. The van der Waals surface area contributed by atoms with Gasteiger partial charge in [0.25, 0.3) is 5.91 Å². The van der Waals surface area contributed by atoms with Gasteiger partial charge >= 0.3 is 5.97 Å². The zero-order chi connectivity index (χ0) is 28.1. The highest BCUT2D eigenvalue weighted by atomic mass is 32.2. The number of carboxylic acid groups (broad SMARTS) is 1. The van der Waals surface area contributed by atoms with Gasteiger partial charge in [-0.1, -0.05) is 72.8 Å². The van der Waals surface area contributed by atoms with Crippen molar-refractivity contribution >= 4 is 51.7 Å². The molecule has 0 aliphatic heterocycles. The molecule has 5 aromatic carbocycles. The minimum absolute atomic E-state index is 0.0749. The Balaban J connectivity index is 1.35. The Morgan fingerprint density at radius 3 is 2.02 bits per heavy atom. The first-order valence-electron chi connectivity index (χ1n) is 12.7. The maximum Gasteiger partial charge on any atom is 0.336 e. The van der Waals surface area contributed by atoms with Crippen molar-refractivity contribution in [3.05, 3.63) is 138 Å². The van der Waals surface area contributed by atoms with Crippen molar-refractivity contribution in [3.8, 4) is 0 Å². The minimum Gasteiger partial charge on any atom is -0.478 e. The molecular weight excluding hydrogens is 520 g/mol. The molecule has 1 atom stereocenters. The Morgan fingerprint density at radius 1 is 0.700 bits per heavy atom. The number of aryl methyl sites for hydroxylation is 1. The number of thioether (sulfide) groups is 1. The number of hydrogen-bond acceptors (Lipinski definition) is 4. The fraction of sp³-hybridized carbons (Fsp3) is 0.0606. The molecule has 0 aliphatic carbocycles. The molecule has 0 heterocycles. The number of hydrogen-bond donors (Lipinski definition) is 3. The van der Waals surface area contributed by atoms with Gasteiger partial charge in [-0.3, -0.25) is 9.59 Å². The summed E-state index contributed by atoms with van der Waals surface area (Å²) in [5.74, 6) is -1.63. The summed E-state index contributed by atoms with van der Waals surface area (Å²) < 4.78 is 0. The van der Waals surface area contributed by atoms with Gasteiger partial charge in [-0.2, -0.15) is 0 Å². The molecule has 6 nitrogen and oxygen atoms in total. The third-order valence-electron chi connectivity index (χ3n) is 6.49. The Kier molecular flexibility index (Phi) is 7.94. The molecule has 7 heteroatoms. The van der Waals surface area contributed by atoms with Gasteiger partial charge in [0.05, 0.1) is 5.56 Å². The quantitative estimate of drug-likeness (QED) is 0.175. The second kappa shape index (κ2) is 11.9. The van der Waals surface area contributed by atoms with Crippen LogP contribution in [-0.2, 0) is 4.79 Å². The fourth-order valence-corrected chi connectivity index (χ4v) is 5.50. The van der Waals surface area contributed by atoms with Gasteiger partial charge in [0.15, 0.2) is 0 Å². The number of carbonyl (C=O) groups is 3. The van der Waals surface area contributed by atoms with E-state index < -0.39 is 17.1 Å². The van der Waals surface area contributed by atoms with Crippen LogP contribution in [-0.4, -0.2) is 22.9 Å². The molecule has 0 spiro atoms. The number of aromatic carboxylic acids is 1. The third kappa shape index (κ3) is 5.90. The molecule has 40 heavy (non-hydrogen) atoms. The van der Waals surface area contributed by atoms with E-state index >= 15 is 0 Å². The topological polar surface area (TPSA) is 95.5 Å². The van der Waals surface area contributed by atoms with E-state index in [0.717, 1.165) is 21.7 Å². The monoisotopic (exact) mass is 546 g/mol. The van der Waals surface area contributed by atoms with Crippen LogP contribution in [0.1, 0.15) is 37.1 Å². The number of nitrogens with one attached hydrogen (secondary N) is 2. The van der Waals surface area contributed by atoms with E-state index in [1.165, 1.54) is 17.8 Å². The summed E-state index contributed by atoms with van der Waals surface area (Å²) >= 11 is 1.42. The van der Waals surface area contributed by atoms with E-state index in [9.17, 15) is 19.5 Å². The van der Waals surface area contributed by atoms with Gasteiger partial charge in [0.1, 0.15) is 5.25 Å². The van der Waals surface area contributed by atoms with Gasteiger partial charge < -0.3 is 15.7 Å². The average molecular weight is 547 g/mol. The molecule has 1 unspecified atom stereocenters. The number of anilines is 2. The predicted octanol–water partition coefficient (Wildman–Crippen LogP) is 7.57. The molecule has 0 saturated heterocycles.